The highest BCUT2D eigenvalue weighted by Gasteiger charge is 2.37. The summed E-state index contributed by atoms with van der Waals surface area (Å²) in [7, 11) is 1.24. The number of nitrogens with two attached hydrogens (primary N) is 1. The van der Waals surface area contributed by atoms with Gasteiger partial charge in [-0.3, -0.25) is 19.7 Å². The number of methoxy groups -OCH3 is 1. The molecule has 0 unspecified atom stereocenters. The number of amides is 2. The molecule has 184 valence electrons. The van der Waals surface area contributed by atoms with Crippen molar-refractivity contribution in [1.82, 2.24) is 5.32 Å². The summed E-state index contributed by atoms with van der Waals surface area (Å²) in [6.07, 6.45) is -11.5. The molecule has 2 rings (SSSR count). The van der Waals surface area contributed by atoms with Gasteiger partial charge < -0.3 is 15.8 Å². The molecule has 0 fully saturated rings. The Balaban J connectivity index is 2.29. The van der Waals surface area contributed by atoms with Crippen molar-refractivity contribution in [2.24, 2.45) is 5.73 Å². The van der Waals surface area contributed by atoms with E-state index in [4.69, 9.17) is 10.5 Å². The van der Waals surface area contributed by atoms with Gasteiger partial charge in [-0.25, -0.2) is 0 Å². The third kappa shape index (κ3) is 6.83. The minimum atomic E-state index is -5.10. The van der Waals surface area contributed by atoms with Crippen molar-refractivity contribution in [3.8, 4) is 5.75 Å². The first-order chi connectivity index (χ1) is 15.6. The quantitative estimate of drug-likeness (QED) is 0.331. The number of carbonyl (C=O) groups excluding carboxylic acids is 2. The van der Waals surface area contributed by atoms with Gasteiger partial charge in [-0.15, -0.1) is 0 Å². The Hall–Kier alpha value is -3.84. The lowest BCUT2D eigenvalue weighted by Crippen LogP contribution is -2.46. The van der Waals surface area contributed by atoms with Gasteiger partial charge in [0.05, 0.1) is 29.6 Å². The smallest absolute Gasteiger partial charge is 0.416 e. The number of benzene rings is 2. The number of rotatable bonds is 8. The SMILES string of the molecule is COc1ccc([N+](=O)[O-])cc1C[C@H](NC(=O)Cc1cc(C(F)(F)F)cc(C(F)(F)F)c1)C(N)=O. The number of ether oxygens (including phenoxy) is 1. The van der Waals surface area contributed by atoms with E-state index in [-0.39, 0.29) is 29.5 Å². The second-order valence-electron chi connectivity index (χ2n) is 7.07. The second kappa shape index (κ2) is 9.97. The highest BCUT2D eigenvalue weighted by atomic mass is 19.4. The van der Waals surface area contributed by atoms with Crippen LogP contribution >= 0.6 is 0 Å². The van der Waals surface area contributed by atoms with Gasteiger partial charge in [0.2, 0.25) is 11.8 Å². The van der Waals surface area contributed by atoms with Crippen LogP contribution in [0.1, 0.15) is 22.3 Å². The zero-order chi connectivity index (χ0) is 25.8. The van der Waals surface area contributed by atoms with Crippen molar-refractivity contribution in [1.29, 1.82) is 0 Å². The number of nitrogens with one attached hydrogen (secondary N) is 1. The summed E-state index contributed by atoms with van der Waals surface area (Å²) in [5.74, 6) is -2.07. The van der Waals surface area contributed by atoms with Crippen LogP contribution in [0, 0.1) is 10.1 Å². The maximum absolute atomic E-state index is 13.0. The average molecular weight is 493 g/mol. The number of alkyl halides is 6. The van der Waals surface area contributed by atoms with Crippen LogP contribution in [0.2, 0.25) is 0 Å². The zero-order valence-electron chi connectivity index (χ0n) is 17.3. The minimum absolute atomic E-state index is 0.0811. The topological polar surface area (TPSA) is 125 Å². The van der Waals surface area contributed by atoms with E-state index in [9.17, 15) is 46.0 Å². The highest BCUT2D eigenvalue weighted by Crippen LogP contribution is 2.36. The maximum Gasteiger partial charge on any atom is 0.416 e. The Morgan fingerprint density at radius 1 is 1.06 bits per heavy atom. The van der Waals surface area contributed by atoms with Crippen LogP contribution in [-0.2, 0) is 34.8 Å². The Labute approximate surface area is 187 Å². The monoisotopic (exact) mass is 493 g/mol. The summed E-state index contributed by atoms with van der Waals surface area (Å²) in [5, 5.41) is 13.1. The van der Waals surface area contributed by atoms with Gasteiger partial charge in [0.25, 0.3) is 5.69 Å². The fraction of sp³-hybridized carbons (Fsp3) is 0.300. The highest BCUT2D eigenvalue weighted by molar-refractivity contribution is 5.87. The summed E-state index contributed by atoms with van der Waals surface area (Å²) in [4.78, 5) is 34.4. The summed E-state index contributed by atoms with van der Waals surface area (Å²) in [6.45, 7) is 0. The average Bonchev–Trinajstić information content (AvgIpc) is 2.71. The van der Waals surface area contributed by atoms with Gasteiger partial charge >= 0.3 is 12.4 Å². The standard InChI is InChI=1S/C20H17F6N3O5/c1-34-16-3-2-14(29(32)33)7-11(16)8-15(18(27)31)28-17(30)6-10-4-12(19(21,22)23)9-13(5-10)20(24,25)26/h2-5,7,9,15H,6,8H2,1H3,(H2,27,31)(H,28,30)/t15-/m0/s1. The zero-order valence-corrected chi connectivity index (χ0v) is 17.3. The van der Waals surface area contributed by atoms with Gasteiger partial charge in [0.15, 0.2) is 0 Å². The summed E-state index contributed by atoms with van der Waals surface area (Å²) in [5.41, 5.74) is 1.21. The predicted molar refractivity (Wildman–Crippen MR) is 105 cm³/mol. The number of hydrogen-bond acceptors (Lipinski definition) is 5. The number of non-ortho nitro benzene ring substituents is 1. The number of nitro benzene ring substituents is 1. The second-order valence-corrected chi connectivity index (χ2v) is 7.07. The molecule has 2 amide bonds. The molecule has 0 saturated heterocycles. The molecule has 2 aromatic carbocycles. The Kier molecular flexibility index (Phi) is 7.74. The van der Waals surface area contributed by atoms with E-state index < -0.39 is 58.2 Å². The molecule has 0 aliphatic rings. The maximum atomic E-state index is 13.0. The molecule has 0 spiro atoms. The van der Waals surface area contributed by atoms with Crippen molar-refractivity contribution >= 4 is 17.5 Å². The molecule has 8 nitrogen and oxygen atoms in total. The molecule has 0 saturated carbocycles. The first-order valence-corrected chi connectivity index (χ1v) is 9.30. The number of nitrogens with zero attached hydrogens (tertiary/aromatic N) is 1. The lowest BCUT2D eigenvalue weighted by Gasteiger charge is -2.18. The number of primary amides is 1. The number of hydrogen-bond donors (Lipinski definition) is 2. The molecule has 0 aliphatic carbocycles. The van der Waals surface area contributed by atoms with Gasteiger partial charge in [-0.05, 0) is 29.8 Å². The van der Waals surface area contributed by atoms with E-state index in [1.165, 1.54) is 13.2 Å². The largest absolute Gasteiger partial charge is 0.496 e. The lowest BCUT2D eigenvalue weighted by molar-refractivity contribution is -0.384. The summed E-state index contributed by atoms with van der Waals surface area (Å²) >= 11 is 0. The molecule has 14 heteroatoms. The third-order valence-corrected chi connectivity index (χ3v) is 4.59. The Morgan fingerprint density at radius 3 is 2.06 bits per heavy atom. The lowest BCUT2D eigenvalue weighted by atomic mass is 10.0. The van der Waals surface area contributed by atoms with Crippen LogP contribution in [0.15, 0.2) is 36.4 Å². The fourth-order valence-corrected chi connectivity index (χ4v) is 3.03. The molecule has 0 radical (unpaired) electrons. The van der Waals surface area contributed by atoms with E-state index in [2.05, 4.69) is 5.32 Å². The molecular weight excluding hydrogens is 476 g/mol. The van der Waals surface area contributed by atoms with Crippen LogP contribution in [0.5, 0.6) is 5.75 Å². The van der Waals surface area contributed by atoms with Gasteiger partial charge in [-0.1, -0.05) is 0 Å². The van der Waals surface area contributed by atoms with Crippen molar-refractivity contribution in [2.45, 2.75) is 31.2 Å². The van der Waals surface area contributed by atoms with Gasteiger partial charge in [0, 0.05) is 24.1 Å². The van der Waals surface area contributed by atoms with Crippen molar-refractivity contribution in [3.63, 3.8) is 0 Å². The molecule has 1 atom stereocenters. The first-order valence-electron chi connectivity index (χ1n) is 9.30. The van der Waals surface area contributed by atoms with Crippen molar-refractivity contribution in [2.75, 3.05) is 7.11 Å². The Bertz CT molecular complexity index is 1070. The molecule has 3 N–H and O–H groups in total. The van der Waals surface area contributed by atoms with Gasteiger partial charge in [-0.2, -0.15) is 26.3 Å². The van der Waals surface area contributed by atoms with E-state index in [0.29, 0.717) is 12.1 Å². The molecule has 0 bridgehead atoms. The van der Waals surface area contributed by atoms with Crippen LogP contribution < -0.4 is 15.8 Å². The van der Waals surface area contributed by atoms with Crippen molar-refractivity contribution in [3.05, 3.63) is 68.8 Å². The molecule has 34 heavy (non-hydrogen) atoms. The van der Waals surface area contributed by atoms with E-state index >= 15 is 0 Å². The first kappa shape index (κ1) is 26.4. The summed E-state index contributed by atoms with van der Waals surface area (Å²) < 4.78 is 83.1. The molecule has 0 aliphatic heterocycles. The third-order valence-electron chi connectivity index (χ3n) is 4.59. The van der Waals surface area contributed by atoms with Crippen LogP contribution in [-0.4, -0.2) is 29.9 Å². The van der Waals surface area contributed by atoms with E-state index in [1.807, 2.05) is 0 Å². The molecule has 2 aromatic rings. The molecule has 0 heterocycles. The number of carbonyl (C=O) groups is 2. The van der Waals surface area contributed by atoms with Crippen LogP contribution in [0.4, 0.5) is 32.0 Å². The number of halogens is 6. The minimum Gasteiger partial charge on any atom is -0.496 e. The predicted octanol–water partition coefficient (Wildman–Crippen LogP) is 3.40. The van der Waals surface area contributed by atoms with Gasteiger partial charge in [0.1, 0.15) is 11.8 Å². The van der Waals surface area contributed by atoms with E-state index in [1.54, 1.807) is 0 Å². The van der Waals surface area contributed by atoms with Crippen LogP contribution in [0.3, 0.4) is 0 Å². The Morgan fingerprint density at radius 2 is 1.62 bits per heavy atom. The molecule has 0 aromatic heterocycles. The summed E-state index contributed by atoms with van der Waals surface area (Å²) in [6, 6.07) is 2.65. The number of nitro groups is 1. The van der Waals surface area contributed by atoms with Crippen LogP contribution in [0.25, 0.3) is 0 Å². The fourth-order valence-electron chi connectivity index (χ4n) is 3.03. The molecular formula is C20H17F6N3O5. The van der Waals surface area contributed by atoms with Crippen molar-refractivity contribution < 1.29 is 45.6 Å². The normalized spacial score (nSPS) is 12.7. The van der Waals surface area contributed by atoms with E-state index in [0.717, 1.165) is 12.1 Å².